The zero-order valence-electron chi connectivity index (χ0n) is 14.3. The molecule has 0 radical (unpaired) electrons. The van der Waals surface area contributed by atoms with Crippen molar-refractivity contribution in [2.45, 2.75) is 25.7 Å². The van der Waals surface area contributed by atoms with E-state index in [9.17, 15) is 9.90 Å². The fourth-order valence-electron chi connectivity index (χ4n) is 3.13. The third-order valence-electron chi connectivity index (χ3n) is 4.36. The first-order valence-electron chi connectivity index (χ1n) is 8.62. The molecule has 0 aliphatic heterocycles. The molecule has 3 aromatic rings. The molecule has 1 N–H and O–H groups in total. The maximum absolute atomic E-state index is 12.0. The predicted molar refractivity (Wildman–Crippen MR) is 100 cm³/mol. The van der Waals surface area contributed by atoms with Crippen molar-refractivity contribution in [3.8, 4) is 5.75 Å². The van der Waals surface area contributed by atoms with Gasteiger partial charge in [0.15, 0.2) is 0 Å². The van der Waals surface area contributed by atoms with Crippen LogP contribution >= 0.6 is 0 Å². The fourth-order valence-corrected chi connectivity index (χ4v) is 3.13. The molecule has 128 valence electrons. The Kier molecular flexibility index (Phi) is 5.34. The van der Waals surface area contributed by atoms with Crippen LogP contribution in [0.25, 0.3) is 10.8 Å². The molecule has 0 aromatic heterocycles. The molecule has 0 spiro atoms. The van der Waals surface area contributed by atoms with Crippen LogP contribution in [0.15, 0.2) is 66.7 Å². The second kappa shape index (κ2) is 7.84. The lowest BCUT2D eigenvalue weighted by atomic mass is 9.88. The molecule has 25 heavy (non-hydrogen) atoms. The minimum absolute atomic E-state index is 0.406. The summed E-state index contributed by atoms with van der Waals surface area (Å²) >= 11 is 0. The Morgan fingerprint density at radius 2 is 1.72 bits per heavy atom. The van der Waals surface area contributed by atoms with E-state index < -0.39 is 11.9 Å². The summed E-state index contributed by atoms with van der Waals surface area (Å²) in [6.45, 7) is 2.68. The molecule has 0 aliphatic rings. The smallest absolute Gasteiger partial charge is 0.311 e. The van der Waals surface area contributed by atoms with Gasteiger partial charge >= 0.3 is 5.97 Å². The van der Waals surface area contributed by atoms with Crippen LogP contribution in [0.3, 0.4) is 0 Å². The highest BCUT2D eigenvalue weighted by atomic mass is 16.5. The Hall–Kier alpha value is -2.81. The number of aliphatic carboxylic acids is 1. The molecule has 0 saturated carbocycles. The summed E-state index contributed by atoms with van der Waals surface area (Å²) in [6, 6.07) is 21.5. The molecule has 3 heteroatoms. The monoisotopic (exact) mass is 334 g/mol. The Bertz CT molecular complexity index is 865. The number of para-hydroxylation sites is 1. The van der Waals surface area contributed by atoms with Crippen molar-refractivity contribution in [1.29, 1.82) is 0 Å². The van der Waals surface area contributed by atoms with Gasteiger partial charge in [-0.15, -0.1) is 0 Å². The minimum Gasteiger partial charge on any atom is -0.493 e. The zero-order valence-corrected chi connectivity index (χ0v) is 14.3. The minimum atomic E-state index is -0.818. The number of benzene rings is 3. The van der Waals surface area contributed by atoms with Crippen LogP contribution in [0.4, 0.5) is 0 Å². The highest BCUT2D eigenvalue weighted by Gasteiger charge is 2.23. The third-order valence-corrected chi connectivity index (χ3v) is 4.36. The van der Waals surface area contributed by atoms with Crippen molar-refractivity contribution >= 4 is 16.7 Å². The van der Waals surface area contributed by atoms with Crippen LogP contribution in [0.2, 0.25) is 0 Å². The summed E-state index contributed by atoms with van der Waals surface area (Å²) in [5.74, 6) is -0.657. The first-order chi connectivity index (χ1) is 12.2. The van der Waals surface area contributed by atoms with Crippen LogP contribution < -0.4 is 4.74 Å². The lowest BCUT2D eigenvalue weighted by molar-refractivity contribution is -0.138. The fraction of sp³-hybridized carbons (Fsp3) is 0.227. The molecule has 0 fully saturated rings. The summed E-state index contributed by atoms with van der Waals surface area (Å²) < 4.78 is 5.80. The van der Waals surface area contributed by atoms with Gasteiger partial charge in [-0.2, -0.15) is 0 Å². The lowest BCUT2D eigenvalue weighted by Gasteiger charge is -2.18. The predicted octanol–water partition coefficient (Wildman–Crippen LogP) is 5.04. The number of carboxylic acids is 1. The van der Waals surface area contributed by atoms with Gasteiger partial charge in [0.05, 0.1) is 12.5 Å². The third kappa shape index (κ3) is 3.82. The maximum Gasteiger partial charge on any atom is 0.311 e. The second-order valence-corrected chi connectivity index (χ2v) is 6.12. The molecule has 1 atom stereocenters. The van der Waals surface area contributed by atoms with Crippen LogP contribution in [0.1, 0.15) is 30.4 Å². The van der Waals surface area contributed by atoms with Crippen molar-refractivity contribution in [3.05, 3.63) is 77.9 Å². The topological polar surface area (TPSA) is 46.5 Å². The van der Waals surface area contributed by atoms with Crippen LogP contribution in [0.5, 0.6) is 5.75 Å². The summed E-state index contributed by atoms with van der Waals surface area (Å²) in [5, 5.41) is 11.9. The van der Waals surface area contributed by atoms with Crippen molar-refractivity contribution < 1.29 is 14.6 Å². The summed E-state index contributed by atoms with van der Waals surface area (Å²) in [5.41, 5.74) is 1.77. The van der Waals surface area contributed by atoms with E-state index in [1.165, 1.54) is 0 Å². The molecule has 0 aliphatic carbocycles. The molecule has 0 amide bonds. The van der Waals surface area contributed by atoms with Gasteiger partial charge in [0.25, 0.3) is 0 Å². The van der Waals surface area contributed by atoms with Gasteiger partial charge in [0.2, 0.25) is 0 Å². The molecule has 1 unspecified atom stereocenters. The molecule has 3 aromatic carbocycles. The number of rotatable bonds is 7. The van der Waals surface area contributed by atoms with Gasteiger partial charge in [-0.25, -0.2) is 0 Å². The van der Waals surface area contributed by atoms with Gasteiger partial charge in [-0.1, -0.05) is 67.6 Å². The summed E-state index contributed by atoms with van der Waals surface area (Å²) in [7, 11) is 0. The molecular weight excluding hydrogens is 312 g/mol. The molecule has 0 bridgehead atoms. The largest absolute Gasteiger partial charge is 0.493 e. The van der Waals surface area contributed by atoms with E-state index in [-0.39, 0.29) is 0 Å². The first kappa shape index (κ1) is 17.0. The summed E-state index contributed by atoms with van der Waals surface area (Å²) in [6.07, 6.45) is 1.32. The van der Waals surface area contributed by atoms with E-state index in [1.807, 2.05) is 66.7 Å². The van der Waals surface area contributed by atoms with Crippen LogP contribution in [0, 0.1) is 0 Å². The molecule has 3 rings (SSSR count). The number of ether oxygens (including phenoxy) is 1. The standard InChI is InChI=1S/C22H22O3/c1-2-14-25-21-13-6-4-9-17(21)15-20(22(23)24)19-12-7-10-16-8-3-5-11-18(16)19/h3-13,20H,2,14-15H2,1H3,(H,23,24). The molecule has 0 heterocycles. The second-order valence-electron chi connectivity index (χ2n) is 6.12. The van der Waals surface area contributed by atoms with Gasteiger partial charge < -0.3 is 9.84 Å². The Labute approximate surface area is 147 Å². The Morgan fingerprint density at radius 3 is 2.52 bits per heavy atom. The quantitative estimate of drug-likeness (QED) is 0.658. The van der Waals surface area contributed by atoms with Gasteiger partial charge in [-0.3, -0.25) is 4.79 Å². The number of fused-ring (bicyclic) bond motifs is 1. The number of hydrogen-bond donors (Lipinski definition) is 1. The van der Waals surface area contributed by atoms with Crippen molar-refractivity contribution in [1.82, 2.24) is 0 Å². The van der Waals surface area contributed by atoms with E-state index in [0.717, 1.165) is 34.1 Å². The van der Waals surface area contributed by atoms with E-state index in [4.69, 9.17) is 4.74 Å². The average Bonchev–Trinajstić information content (AvgIpc) is 2.64. The Morgan fingerprint density at radius 1 is 1.00 bits per heavy atom. The molecule has 3 nitrogen and oxygen atoms in total. The normalized spacial score (nSPS) is 12.0. The van der Waals surface area contributed by atoms with Gasteiger partial charge in [0, 0.05) is 0 Å². The maximum atomic E-state index is 12.0. The molecular formula is C22H22O3. The van der Waals surface area contributed by atoms with Crippen molar-refractivity contribution in [2.75, 3.05) is 6.61 Å². The van der Waals surface area contributed by atoms with E-state index in [2.05, 4.69) is 6.92 Å². The van der Waals surface area contributed by atoms with Crippen LogP contribution in [-0.2, 0) is 11.2 Å². The van der Waals surface area contributed by atoms with Crippen molar-refractivity contribution in [3.63, 3.8) is 0 Å². The van der Waals surface area contributed by atoms with E-state index in [0.29, 0.717) is 13.0 Å². The molecule has 0 saturated heterocycles. The SMILES string of the molecule is CCCOc1ccccc1CC(C(=O)O)c1cccc2ccccc12. The van der Waals surface area contributed by atoms with Crippen molar-refractivity contribution in [2.24, 2.45) is 0 Å². The zero-order chi connectivity index (χ0) is 17.6. The Balaban J connectivity index is 1.99. The van der Waals surface area contributed by atoms with E-state index >= 15 is 0 Å². The highest BCUT2D eigenvalue weighted by molar-refractivity contribution is 5.90. The average molecular weight is 334 g/mol. The van der Waals surface area contributed by atoms with Gasteiger partial charge in [0.1, 0.15) is 5.75 Å². The lowest BCUT2D eigenvalue weighted by Crippen LogP contribution is -2.15. The van der Waals surface area contributed by atoms with Gasteiger partial charge in [-0.05, 0) is 40.8 Å². The number of carboxylic acid groups (broad SMARTS) is 1. The summed E-state index contributed by atoms with van der Waals surface area (Å²) in [4.78, 5) is 12.0. The number of hydrogen-bond acceptors (Lipinski definition) is 2. The van der Waals surface area contributed by atoms with Crippen LogP contribution in [-0.4, -0.2) is 17.7 Å². The number of carbonyl (C=O) groups is 1. The first-order valence-corrected chi connectivity index (χ1v) is 8.62. The highest BCUT2D eigenvalue weighted by Crippen LogP contribution is 2.31. The van der Waals surface area contributed by atoms with E-state index in [1.54, 1.807) is 0 Å².